The van der Waals surface area contributed by atoms with Gasteiger partial charge in [0.2, 0.25) is 0 Å². The van der Waals surface area contributed by atoms with Gasteiger partial charge in [0.1, 0.15) is 6.67 Å². The Morgan fingerprint density at radius 2 is 1.26 bits per heavy atom. The van der Waals surface area contributed by atoms with Gasteiger partial charge in [-0.25, -0.2) is 0 Å². The fourth-order valence-corrected chi connectivity index (χ4v) is 4.38. The summed E-state index contributed by atoms with van der Waals surface area (Å²) in [6.45, 7) is 18.2. The first-order valence-corrected chi connectivity index (χ1v) is 9.96. The highest BCUT2D eigenvalue weighted by Crippen LogP contribution is 2.18. The second-order valence-electron chi connectivity index (χ2n) is 7.84. The minimum Gasteiger partial charge on any atom is -0.301 e. The second-order valence-corrected chi connectivity index (χ2v) is 7.84. The second kappa shape index (κ2) is 8.80. The van der Waals surface area contributed by atoms with Crippen molar-refractivity contribution in [1.29, 1.82) is 0 Å². The molecule has 23 heavy (non-hydrogen) atoms. The molecule has 3 saturated heterocycles. The predicted molar refractivity (Wildman–Crippen MR) is 96.2 cm³/mol. The third-order valence-electron chi connectivity index (χ3n) is 6.08. The summed E-state index contributed by atoms with van der Waals surface area (Å²) < 4.78 is 0. The smallest absolute Gasteiger partial charge is 0.146 e. The van der Waals surface area contributed by atoms with E-state index in [-0.39, 0.29) is 0 Å². The fraction of sp³-hybridized carbons (Fsp3) is 0.947. The van der Waals surface area contributed by atoms with Crippen LogP contribution in [0.25, 0.3) is 0 Å². The summed E-state index contributed by atoms with van der Waals surface area (Å²) in [7, 11) is 0. The van der Waals surface area contributed by atoms with E-state index in [1.54, 1.807) is 0 Å². The van der Waals surface area contributed by atoms with Crippen molar-refractivity contribution >= 4 is 0 Å². The summed E-state index contributed by atoms with van der Waals surface area (Å²) in [5.74, 6) is 0. The molecular formula is C19H36N4. The number of rotatable bonds is 8. The predicted octanol–water partition coefficient (Wildman–Crippen LogP) is 2.35. The van der Waals surface area contributed by atoms with Gasteiger partial charge in [0.05, 0.1) is 0 Å². The van der Waals surface area contributed by atoms with Crippen LogP contribution in [0.4, 0.5) is 0 Å². The van der Waals surface area contributed by atoms with Crippen molar-refractivity contribution in [3.8, 4) is 0 Å². The summed E-state index contributed by atoms with van der Waals surface area (Å²) in [6.07, 6.45) is 8.23. The van der Waals surface area contributed by atoms with Crippen LogP contribution >= 0.6 is 0 Å². The highest BCUT2D eigenvalue weighted by atomic mass is 15.4. The fourth-order valence-electron chi connectivity index (χ4n) is 4.38. The van der Waals surface area contributed by atoms with E-state index >= 15 is 0 Å². The van der Waals surface area contributed by atoms with Gasteiger partial charge in [-0.15, -0.1) is 0 Å². The molecule has 0 unspecified atom stereocenters. The van der Waals surface area contributed by atoms with Crippen molar-refractivity contribution in [3.05, 3.63) is 6.67 Å². The van der Waals surface area contributed by atoms with Crippen molar-refractivity contribution in [2.24, 2.45) is 0 Å². The Hall–Kier alpha value is -0.160. The van der Waals surface area contributed by atoms with Gasteiger partial charge >= 0.3 is 0 Å². The van der Waals surface area contributed by atoms with Crippen LogP contribution in [-0.4, -0.2) is 84.0 Å². The topological polar surface area (TPSA) is 13.0 Å². The summed E-state index contributed by atoms with van der Waals surface area (Å²) in [5, 5.41) is 0. The van der Waals surface area contributed by atoms with Gasteiger partial charge in [-0.2, -0.15) is 0 Å². The Labute approximate surface area is 143 Å². The van der Waals surface area contributed by atoms with E-state index in [0.717, 1.165) is 18.6 Å². The molecule has 0 saturated carbocycles. The minimum absolute atomic E-state index is 0.793. The van der Waals surface area contributed by atoms with E-state index in [1.807, 2.05) is 0 Å². The zero-order valence-corrected chi connectivity index (χ0v) is 15.3. The molecule has 4 heteroatoms. The largest absolute Gasteiger partial charge is 0.301 e. The third kappa shape index (κ3) is 5.15. The van der Waals surface area contributed by atoms with Crippen LogP contribution < -0.4 is 0 Å². The first-order valence-electron chi connectivity index (χ1n) is 9.96. The quantitative estimate of drug-likeness (QED) is 0.637. The molecule has 132 valence electrons. The van der Waals surface area contributed by atoms with Crippen LogP contribution in [0.5, 0.6) is 0 Å². The number of likely N-dealkylation sites (tertiary alicyclic amines) is 2. The third-order valence-corrected chi connectivity index (χ3v) is 6.08. The lowest BCUT2D eigenvalue weighted by atomic mass is 10.2. The van der Waals surface area contributed by atoms with E-state index in [0.29, 0.717) is 0 Å². The molecule has 0 aromatic heterocycles. The van der Waals surface area contributed by atoms with E-state index in [4.69, 9.17) is 0 Å². The van der Waals surface area contributed by atoms with Crippen molar-refractivity contribution < 1.29 is 0 Å². The first-order chi connectivity index (χ1) is 11.2. The van der Waals surface area contributed by atoms with Gasteiger partial charge in [0, 0.05) is 44.8 Å². The zero-order valence-electron chi connectivity index (χ0n) is 15.3. The van der Waals surface area contributed by atoms with E-state index in [2.05, 4.69) is 40.1 Å². The van der Waals surface area contributed by atoms with E-state index < -0.39 is 0 Å². The summed E-state index contributed by atoms with van der Waals surface area (Å²) in [4.78, 5) is 10.1. The Balaban J connectivity index is 1.23. The molecule has 3 fully saturated rings. The zero-order chi connectivity index (χ0) is 16.1. The molecule has 0 bridgehead atoms. The highest BCUT2D eigenvalue weighted by molar-refractivity contribution is 4.83. The number of nitrogens with zero attached hydrogens (tertiary/aromatic N) is 4. The van der Waals surface area contributed by atoms with Gasteiger partial charge in [-0.05, 0) is 72.0 Å². The minimum atomic E-state index is 0.793. The van der Waals surface area contributed by atoms with Crippen LogP contribution in [0.2, 0.25) is 0 Å². The molecule has 3 aliphatic heterocycles. The van der Waals surface area contributed by atoms with Crippen molar-refractivity contribution in [1.82, 2.24) is 19.6 Å². The van der Waals surface area contributed by atoms with E-state index in [1.165, 1.54) is 84.3 Å². The molecule has 0 N–H and O–H groups in total. The lowest BCUT2D eigenvalue weighted by molar-refractivity contribution is 0.224. The standard InChI is InChI=1S/C19H36N4/c1-18-7-5-11-22(18)10-4-3-9-20-13-14-21(17-20)15-16-23-12-6-8-19(23)2/h18-19H,3-16H2,1-2H3/t18-,19-/m0/s1. The average Bonchev–Trinajstić information content (AvgIpc) is 3.25. The maximum absolute atomic E-state index is 3.59. The monoisotopic (exact) mass is 320 g/mol. The van der Waals surface area contributed by atoms with Crippen LogP contribution in [0.15, 0.2) is 0 Å². The molecular weight excluding hydrogens is 284 g/mol. The Kier molecular flexibility index (Phi) is 6.75. The average molecular weight is 321 g/mol. The van der Waals surface area contributed by atoms with Gasteiger partial charge in [0.25, 0.3) is 0 Å². The normalized spacial score (nSPS) is 31.6. The number of hydrogen-bond donors (Lipinski definition) is 0. The van der Waals surface area contributed by atoms with Crippen LogP contribution in [0.3, 0.4) is 0 Å². The summed E-state index contributed by atoms with van der Waals surface area (Å²) >= 11 is 0. The van der Waals surface area contributed by atoms with Crippen molar-refractivity contribution in [2.45, 2.75) is 64.5 Å². The molecule has 0 amide bonds. The molecule has 3 heterocycles. The maximum atomic E-state index is 3.59. The van der Waals surface area contributed by atoms with Gasteiger partial charge in [-0.3, -0.25) is 14.7 Å². The van der Waals surface area contributed by atoms with Gasteiger partial charge in [0.15, 0.2) is 0 Å². The lowest BCUT2D eigenvalue weighted by Gasteiger charge is -2.24. The SMILES string of the molecule is C[C@H]1CCCN1CCCCN1[C]N(CCN2CCC[C@@H]2C)CC1. The van der Waals surface area contributed by atoms with Crippen LogP contribution in [-0.2, 0) is 0 Å². The molecule has 0 aromatic carbocycles. The Bertz CT molecular complexity index is 348. The van der Waals surface area contributed by atoms with E-state index in [9.17, 15) is 0 Å². The number of unbranched alkanes of at least 4 members (excludes halogenated alkanes) is 1. The maximum Gasteiger partial charge on any atom is 0.146 e. The lowest BCUT2D eigenvalue weighted by Crippen LogP contribution is -2.35. The molecule has 3 rings (SSSR count). The molecule has 4 nitrogen and oxygen atoms in total. The molecule has 3 aliphatic rings. The Morgan fingerprint density at radius 1 is 0.696 bits per heavy atom. The summed E-state index contributed by atoms with van der Waals surface area (Å²) in [5.41, 5.74) is 0. The highest BCUT2D eigenvalue weighted by Gasteiger charge is 2.25. The Morgan fingerprint density at radius 3 is 1.87 bits per heavy atom. The van der Waals surface area contributed by atoms with Gasteiger partial charge < -0.3 is 4.90 Å². The number of hydrogen-bond acceptors (Lipinski definition) is 4. The van der Waals surface area contributed by atoms with Crippen LogP contribution in [0.1, 0.15) is 52.4 Å². The molecule has 0 spiro atoms. The molecule has 2 atom stereocenters. The molecule has 0 aliphatic carbocycles. The van der Waals surface area contributed by atoms with Gasteiger partial charge in [-0.1, -0.05) is 0 Å². The van der Waals surface area contributed by atoms with Crippen LogP contribution in [0, 0.1) is 6.67 Å². The molecule has 2 radical (unpaired) electrons. The van der Waals surface area contributed by atoms with Crippen molar-refractivity contribution in [3.63, 3.8) is 0 Å². The molecule has 0 aromatic rings. The van der Waals surface area contributed by atoms with Crippen molar-refractivity contribution in [2.75, 3.05) is 52.4 Å². The summed E-state index contributed by atoms with van der Waals surface area (Å²) in [6, 6.07) is 1.62. The first kappa shape index (κ1) is 17.7.